The number of thioether (sulfide) groups is 1. The minimum Gasteiger partial charge on any atom is -0.389 e. The van der Waals surface area contributed by atoms with Crippen molar-refractivity contribution in [2.45, 2.75) is 38.1 Å². The van der Waals surface area contributed by atoms with Gasteiger partial charge in [-0.1, -0.05) is 23.7 Å². The van der Waals surface area contributed by atoms with Gasteiger partial charge in [-0.25, -0.2) is 0 Å². The number of aliphatic hydroxyl groups is 1. The second-order valence-corrected chi connectivity index (χ2v) is 9.18. The summed E-state index contributed by atoms with van der Waals surface area (Å²) in [6, 6.07) is 6.35. The predicted molar refractivity (Wildman–Crippen MR) is 112 cm³/mol. The fourth-order valence-corrected chi connectivity index (χ4v) is 4.32. The van der Waals surface area contributed by atoms with E-state index in [1.54, 1.807) is 38.3 Å². The number of amides is 1. The summed E-state index contributed by atoms with van der Waals surface area (Å²) in [4.78, 5) is 28.0. The van der Waals surface area contributed by atoms with Gasteiger partial charge in [0.1, 0.15) is 6.04 Å². The van der Waals surface area contributed by atoms with Crippen LogP contribution in [0.15, 0.2) is 47.0 Å². The molecule has 4 N–H and O–H groups in total. The maximum absolute atomic E-state index is 12.7. The third kappa shape index (κ3) is 4.97. The number of ketones is 1. The minimum atomic E-state index is -1.01. The van der Waals surface area contributed by atoms with Crippen LogP contribution < -0.4 is 11.1 Å². The lowest BCUT2D eigenvalue weighted by atomic mass is 9.98. The number of carbonyl (C=O) groups is 2. The van der Waals surface area contributed by atoms with Gasteiger partial charge in [-0.05, 0) is 37.6 Å². The summed E-state index contributed by atoms with van der Waals surface area (Å²) in [6.45, 7) is 3.83. The van der Waals surface area contributed by atoms with E-state index in [1.165, 1.54) is 11.8 Å². The predicted octanol–water partition coefficient (Wildman–Crippen LogP) is 1.82. The maximum Gasteiger partial charge on any atom is 0.252 e. The first-order chi connectivity index (χ1) is 13.1. The Morgan fingerprint density at radius 2 is 2.07 bits per heavy atom. The molecule has 0 saturated carbocycles. The minimum absolute atomic E-state index is 0.0498. The van der Waals surface area contributed by atoms with Crippen LogP contribution >= 0.6 is 23.4 Å². The van der Waals surface area contributed by atoms with E-state index >= 15 is 0 Å². The van der Waals surface area contributed by atoms with E-state index in [2.05, 4.69) is 5.32 Å². The van der Waals surface area contributed by atoms with Gasteiger partial charge in [-0.15, -0.1) is 11.8 Å². The van der Waals surface area contributed by atoms with Crippen LogP contribution in [0.1, 0.15) is 19.4 Å². The lowest BCUT2D eigenvalue weighted by molar-refractivity contribution is -0.123. The average Bonchev–Trinajstić information content (AvgIpc) is 2.63. The highest BCUT2D eigenvalue weighted by Crippen LogP contribution is 2.35. The van der Waals surface area contributed by atoms with E-state index < -0.39 is 17.7 Å². The van der Waals surface area contributed by atoms with Crippen molar-refractivity contribution in [3.8, 4) is 0 Å². The number of nitrogens with one attached hydrogen (secondary N) is 1. The van der Waals surface area contributed by atoms with E-state index in [0.717, 1.165) is 10.5 Å². The van der Waals surface area contributed by atoms with Crippen LogP contribution in [0.2, 0.25) is 5.02 Å². The number of fused-ring (bicyclic) bond motifs is 1. The van der Waals surface area contributed by atoms with Gasteiger partial charge in [0, 0.05) is 35.0 Å². The summed E-state index contributed by atoms with van der Waals surface area (Å²) >= 11 is 7.46. The van der Waals surface area contributed by atoms with Gasteiger partial charge in [0.2, 0.25) is 0 Å². The van der Waals surface area contributed by atoms with Gasteiger partial charge in [0.25, 0.3) is 5.91 Å². The van der Waals surface area contributed by atoms with Crippen molar-refractivity contribution in [1.29, 1.82) is 0 Å². The highest BCUT2D eigenvalue weighted by Gasteiger charge is 2.39. The summed E-state index contributed by atoms with van der Waals surface area (Å²) in [5, 5.41) is 13.2. The molecule has 0 aliphatic carbocycles. The molecule has 2 heterocycles. The Labute approximate surface area is 173 Å². The molecule has 1 saturated heterocycles. The van der Waals surface area contributed by atoms with E-state index in [0.29, 0.717) is 22.9 Å². The first-order valence-electron chi connectivity index (χ1n) is 9.00. The van der Waals surface area contributed by atoms with Crippen molar-refractivity contribution in [3.63, 3.8) is 0 Å². The molecule has 28 heavy (non-hydrogen) atoms. The van der Waals surface area contributed by atoms with Gasteiger partial charge in [-0.2, -0.15) is 0 Å². The number of carbonyl (C=O) groups excluding carboxylic acids is 2. The standard InChI is InChI=1S/C20H24ClN3O3S/c1-20(2,27)11-23-19(26)13-7-16-17(18(25)15(22)10-28-16)24(9-13)8-12-3-5-14(21)6-4-12/h3-7,9,15,17,27H,8,10-11,22H2,1-2H3,(H,23,26)/t15-,17?/m0/s1. The number of benzene rings is 1. The molecule has 1 amide bonds. The number of Topliss-reactive ketones (excluding diaryl/α,β-unsaturated/α-hetero) is 1. The zero-order valence-corrected chi connectivity index (χ0v) is 17.4. The van der Waals surface area contributed by atoms with Crippen molar-refractivity contribution in [1.82, 2.24) is 10.2 Å². The smallest absolute Gasteiger partial charge is 0.252 e. The summed E-state index contributed by atoms with van der Waals surface area (Å²) in [7, 11) is 0. The third-order valence-electron chi connectivity index (χ3n) is 4.49. The van der Waals surface area contributed by atoms with Crippen molar-refractivity contribution in [3.05, 3.63) is 57.6 Å². The van der Waals surface area contributed by atoms with Crippen LogP contribution in [0, 0.1) is 0 Å². The monoisotopic (exact) mass is 421 g/mol. The molecule has 1 aromatic carbocycles. The Morgan fingerprint density at radius 1 is 1.39 bits per heavy atom. The number of nitrogens with zero attached hydrogens (tertiary/aromatic N) is 1. The van der Waals surface area contributed by atoms with Crippen molar-refractivity contribution >= 4 is 35.1 Å². The van der Waals surface area contributed by atoms with Crippen molar-refractivity contribution < 1.29 is 14.7 Å². The first kappa shape index (κ1) is 20.9. The quantitative estimate of drug-likeness (QED) is 0.671. The van der Waals surface area contributed by atoms with Gasteiger partial charge in [-0.3, -0.25) is 9.59 Å². The normalized spacial score (nSPS) is 22.3. The van der Waals surface area contributed by atoms with Crippen LogP contribution in [0.3, 0.4) is 0 Å². The number of hydrogen-bond acceptors (Lipinski definition) is 6. The number of rotatable bonds is 5. The highest BCUT2D eigenvalue weighted by molar-refractivity contribution is 8.03. The van der Waals surface area contributed by atoms with Gasteiger partial charge in [0.15, 0.2) is 5.78 Å². The van der Waals surface area contributed by atoms with E-state index in [9.17, 15) is 14.7 Å². The second kappa shape index (κ2) is 8.29. The molecule has 2 atom stereocenters. The molecule has 0 bridgehead atoms. The Balaban J connectivity index is 1.87. The summed E-state index contributed by atoms with van der Waals surface area (Å²) < 4.78 is 0. The molecule has 1 fully saturated rings. The summed E-state index contributed by atoms with van der Waals surface area (Å²) in [6.07, 6.45) is 3.44. The molecule has 3 rings (SSSR count). The molecule has 1 unspecified atom stereocenters. The fraction of sp³-hybridized carbons (Fsp3) is 0.400. The van der Waals surface area contributed by atoms with E-state index in [4.69, 9.17) is 17.3 Å². The van der Waals surface area contributed by atoms with E-state index in [-0.39, 0.29) is 18.2 Å². The maximum atomic E-state index is 12.7. The summed E-state index contributed by atoms with van der Waals surface area (Å²) in [5.74, 6) is 0.150. The molecule has 6 nitrogen and oxygen atoms in total. The molecule has 8 heteroatoms. The number of nitrogens with two attached hydrogens (primary N) is 1. The lowest BCUT2D eigenvalue weighted by Gasteiger charge is -2.39. The van der Waals surface area contributed by atoms with Crippen LogP contribution in [0.25, 0.3) is 0 Å². The molecular formula is C20H24ClN3O3S. The lowest BCUT2D eigenvalue weighted by Crippen LogP contribution is -2.52. The first-order valence-corrected chi connectivity index (χ1v) is 10.4. The molecule has 0 spiro atoms. The molecule has 0 aromatic heterocycles. The second-order valence-electron chi connectivity index (χ2n) is 7.65. The Kier molecular flexibility index (Phi) is 6.19. The molecule has 2 aliphatic rings. The van der Waals surface area contributed by atoms with Crippen molar-refractivity contribution in [2.24, 2.45) is 5.73 Å². The molecule has 150 valence electrons. The topological polar surface area (TPSA) is 95.7 Å². The molecule has 0 radical (unpaired) electrons. The summed E-state index contributed by atoms with van der Waals surface area (Å²) in [5.41, 5.74) is 6.39. The number of hydrogen-bond donors (Lipinski definition) is 3. The Morgan fingerprint density at radius 3 is 2.71 bits per heavy atom. The molecular weight excluding hydrogens is 398 g/mol. The van der Waals surface area contributed by atoms with Gasteiger partial charge in [0.05, 0.1) is 17.2 Å². The largest absolute Gasteiger partial charge is 0.389 e. The molecule has 1 aromatic rings. The van der Waals surface area contributed by atoms with Gasteiger partial charge >= 0.3 is 0 Å². The zero-order valence-electron chi connectivity index (χ0n) is 15.8. The Hall–Kier alpha value is -1.80. The average molecular weight is 422 g/mol. The number of halogens is 1. The third-order valence-corrected chi connectivity index (χ3v) is 5.94. The fourth-order valence-electron chi connectivity index (χ4n) is 3.04. The van der Waals surface area contributed by atoms with Crippen LogP contribution in [-0.4, -0.2) is 51.7 Å². The van der Waals surface area contributed by atoms with Crippen LogP contribution in [0.5, 0.6) is 0 Å². The highest BCUT2D eigenvalue weighted by atomic mass is 35.5. The Bertz CT molecular complexity index is 830. The van der Waals surface area contributed by atoms with Crippen LogP contribution in [-0.2, 0) is 16.1 Å². The zero-order chi connectivity index (χ0) is 20.5. The van der Waals surface area contributed by atoms with Crippen molar-refractivity contribution in [2.75, 3.05) is 12.3 Å². The van der Waals surface area contributed by atoms with Crippen LogP contribution in [0.4, 0.5) is 0 Å². The SMILES string of the molecule is CC(C)(O)CNC(=O)C1=CN(Cc2ccc(Cl)cc2)C2C(=O)[C@@H](N)CSC2=C1. The van der Waals surface area contributed by atoms with E-state index in [1.807, 2.05) is 17.0 Å². The van der Waals surface area contributed by atoms with Gasteiger partial charge < -0.3 is 21.1 Å². The molecule has 2 aliphatic heterocycles.